The topological polar surface area (TPSA) is 100 Å². The lowest BCUT2D eigenvalue weighted by atomic mass is 10.2. The minimum Gasteiger partial charge on any atom is -0.298 e. The zero-order valence-electron chi connectivity index (χ0n) is 14.0. The molecule has 28 heavy (non-hydrogen) atoms. The lowest BCUT2D eigenvalue weighted by Gasteiger charge is -2.05. The van der Waals surface area contributed by atoms with Gasteiger partial charge in [-0.05, 0) is 40.2 Å². The number of halogens is 2. The molecule has 3 aromatic rings. The molecule has 0 radical (unpaired) electrons. The highest BCUT2D eigenvalue weighted by Gasteiger charge is 2.15. The van der Waals surface area contributed by atoms with Gasteiger partial charge in [-0.1, -0.05) is 12.1 Å². The summed E-state index contributed by atoms with van der Waals surface area (Å²) in [4.78, 5) is 40.5. The molecule has 2 aromatic heterocycles. The molecule has 0 unspecified atom stereocenters. The van der Waals surface area contributed by atoms with Crippen LogP contribution in [0.3, 0.4) is 0 Å². The molecule has 0 aliphatic carbocycles. The highest BCUT2D eigenvalue weighted by Crippen LogP contribution is 2.21. The van der Waals surface area contributed by atoms with Crippen molar-refractivity contribution in [3.63, 3.8) is 0 Å². The van der Waals surface area contributed by atoms with Crippen LogP contribution in [0.2, 0.25) is 0 Å². The molecule has 2 heterocycles. The molecular formula is C17H12BrFN4O3S2. The van der Waals surface area contributed by atoms with Gasteiger partial charge in [0.15, 0.2) is 5.13 Å². The number of thiazole rings is 1. The number of amides is 3. The zero-order valence-corrected chi connectivity index (χ0v) is 17.2. The van der Waals surface area contributed by atoms with Crippen molar-refractivity contribution in [2.75, 3.05) is 5.32 Å². The van der Waals surface area contributed by atoms with Crippen molar-refractivity contribution in [3.05, 3.63) is 67.5 Å². The molecule has 11 heteroatoms. The lowest BCUT2D eigenvalue weighted by Crippen LogP contribution is -2.42. The van der Waals surface area contributed by atoms with E-state index in [2.05, 4.69) is 37.1 Å². The van der Waals surface area contributed by atoms with Gasteiger partial charge in [-0.3, -0.25) is 30.6 Å². The van der Waals surface area contributed by atoms with Crippen LogP contribution in [0.4, 0.5) is 9.52 Å². The number of hydrazine groups is 1. The van der Waals surface area contributed by atoms with E-state index in [9.17, 15) is 18.8 Å². The Morgan fingerprint density at radius 3 is 2.57 bits per heavy atom. The van der Waals surface area contributed by atoms with Gasteiger partial charge >= 0.3 is 0 Å². The van der Waals surface area contributed by atoms with Gasteiger partial charge in [-0.15, -0.1) is 22.7 Å². The second-order valence-corrected chi connectivity index (χ2v) is 8.68. The van der Waals surface area contributed by atoms with Crippen LogP contribution >= 0.6 is 38.6 Å². The average molecular weight is 483 g/mol. The van der Waals surface area contributed by atoms with E-state index < -0.39 is 23.5 Å². The molecule has 144 valence electrons. The van der Waals surface area contributed by atoms with Gasteiger partial charge in [0, 0.05) is 5.38 Å². The fraction of sp³-hybridized carbons (Fsp3) is 0.0588. The average Bonchev–Trinajstić information content (AvgIpc) is 3.29. The zero-order chi connectivity index (χ0) is 20.1. The van der Waals surface area contributed by atoms with E-state index in [0.717, 1.165) is 15.1 Å². The van der Waals surface area contributed by atoms with Crippen LogP contribution in [-0.4, -0.2) is 22.7 Å². The van der Waals surface area contributed by atoms with E-state index in [4.69, 9.17) is 0 Å². The maximum absolute atomic E-state index is 13.6. The summed E-state index contributed by atoms with van der Waals surface area (Å²) < 4.78 is 14.4. The summed E-state index contributed by atoms with van der Waals surface area (Å²) in [6.07, 6.45) is -0.0967. The summed E-state index contributed by atoms with van der Waals surface area (Å²) in [6, 6.07) is 8.95. The predicted octanol–water partition coefficient (Wildman–Crippen LogP) is 3.36. The molecule has 0 aliphatic heterocycles. The molecular weight excluding hydrogens is 471 g/mol. The number of nitrogens with one attached hydrogen (secondary N) is 3. The van der Waals surface area contributed by atoms with Gasteiger partial charge in [0.05, 0.1) is 26.3 Å². The van der Waals surface area contributed by atoms with Crippen molar-refractivity contribution < 1.29 is 18.8 Å². The molecule has 3 rings (SSSR count). The van der Waals surface area contributed by atoms with E-state index in [1.807, 2.05) is 0 Å². The Balaban J connectivity index is 1.51. The highest BCUT2D eigenvalue weighted by molar-refractivity contribution is 9.11. The minimum absolute atomic E-state index is 0.0967. The molecule has 0 spiro atoms. The summed E-state index contributed by atoms with van der Waals surface area (Å²) in [5, 5.41) is 4.32. The van der Waals surface area contributed by atoms with Gasteiger partial charge in [-0.2, -0.15) is 0 Å². The Kier molecular flexibility index (Phi) is 6.49. The second kappa shape index (κ2) is 9.04. The van der Waals surface area contributed by atoms with E-state index >= 15 is 0 Å². The lowest BCUT2D eigenvalue weighted by molar-refractivity contribution is -0.121. The first kappa shape index (κ1) is 20.1. The van der Waals surface area contributed by atoms with Crippen molar-refractivity contribution in [2.24, 2.45) is 0 Å². The molecule has 0 bridgehead atoms. The monoisotopic (exact) mass is 482 g/mol. The van der Waals surface area contributed by atoms with Crippen molar-refractivity contribution in [3.8, 4) is 0 Å². The Morgan fingerprint density at radius 1 is 1.07 bits per heavy atom. The first-order valence-electron chi connectivity index (χ1n) is 7.77. The Labute approximate surface area is 175 Å². The third-order valence-corrected chi connectivity index (χ3v) is 5.77. The highest BCUT2D eigenvalue weighted by atomic mass is 79.9. The SMILES string of the molecule is O=C(Cc1csc(NC(=O)c2ccccc2F)n1)NNC(=O)c1ccc(Br)s1. The maximum atomic E-state index is 13.6. The molecule has 0 saturated heterocycles. The van der Waals surface area contributed by atoms with E-state index in [1.54, 1.807) is 23.6 Å². The number of carbonyl (C=O) groups is 3. The van der Waals surface area contributed by atoms with Crippen molar-refractivity contribution in [1.82, 2.24) is 15.8 Å². The fourth-order valence-corrected chi connectivity index (χ4v) is 4.08. The standard InChI is InChI=1S/C17H12BrFN4O3S2/c18-13-6-5-12(28-13)16(26)23-22-14(24)7-9-8-27-17(20-9)21-15(25)10-3-1-2-4-11(10)19/h1-6,8H,7H2,(H,22,24)(H,23,26)(H,20,21,25). The predicted molar refractivity (Wildman–Crippen MR) is 108 cm³/mol. The van der Waals surface area contributed by atoms with Crippen LogP contribution in [0.15, 0.2) is 45.6 Å². The normalized spacial score (nSPS) is 10.4. The fourth-order valence-electron chi connectivity index (χ4n) is 2.09. The Morgan fingerprint density at radius 2 is 1.86 bits per heavy atom. The molecule has 0 atom stereocenters. The first-order valence-corrected chi connectivity index (χ1v) is 10.3. The number of anilines is 1. The number of thiophene rings is 1. The van der Waals surface area contributed by atoms with Crippen molar-refractivity contribution in [2.45, 2.75) is 6.42 Å². The van der Waals surface area contributed by atoms with Crippen LogP contribution in [0.25, 0.3) is 0 Å². The Bertz CT molecular complexity index is 1040. The van der Waals surface area contributed by atoms with Gasteiger partial charge in [0.2, 0.25) is 5.91 Å². The summed E-state index contributed by atoms with van der Waals surface area (Å²) in [5.41, 5.74) is 4.92. The van der Waals surface area contributed by atoms with E-state index in [0.29, 0.717) is 10.6 Å². The molecule has 0 saturated carbocycles. The number of hydrogen-bond donors (Lipinski definition) is 3. The quantitative estimate of drug-likeness (QED) is 0.485. The van der Waals surface area contributed by atoms with E-state index in [1.165, 1.54) is 29.5 Å². The number of hydrogen-bond acceptors (Lipinski definition) is 6. The molecule has 0 aliphatic rings. The third kappa shape index (κ3) is 5.21. The first-order chi connectivity index (χ1) is 13.4. The number of aromatic nitrogens is 1. The van der Waals surface area contributed by atoms with E-state index in [-0.39, 0.29) is 17.1 Å². The smallest absolute Gasteiger partial charge is 0.279 e. The molecule has 1 aromatic carbocycles. The minimum atomic E-state index is -0.635. The van der Waals surface area contributed by atoms with Crippen LogP contribution in [0.5, 0.6) is 0 Å². The summed E-state index contributed by atoms with van der Waals surface area (Å²) >= 11 is 5.60. The van der Waals surface area contributed by atoms with Crippen molar-refractivity contribution >= 4 is 61.5 Å². The Hall–Kier alpha value is -2.63. The number of benzene rings is 1. The van der Waals surface area contributed by atoms with Crippen LogP contribution in [0.1, 0.15) is 25.7 Å². The summed E-state index contributed by atoms with van der Waals surface area (Å²) in [5.74, 6) is -2.16. The van der Waals surface area contributed by atoms with Crippen molar-refractivity contribution in [1.29, 1.82) is 0 Å². The van der Waals surface area contributed by atoms with Crippen LogP contribution < -0.4 is 16.2 Å². The number of rotatable bonds is 5. The summed E-state index contributed by atoms with van der Waals surface area (Å²) in [7, 11) is 0. The molecule has 3 N–H and O–H groups in total. The van der Waals surface area contributed by atoms with Gasteiger partial charge in [-0.25, -0.2) is 9.37 Å². The largest absolute Gasteiger partial charge is 0.298 e. The summed E-state index contributed by atoms with van der Waals surface area (Å²) in [6.45, 7) is 0. The molecule has 3 amide bonds. The molecule has 7 nitrogen and oxygen atoms in total. The van der Waals surface area contributed by atoms with Crippen LogP contribution in [-0.2, 0) is 11.2 Å². The third-order valence-electron chi connectivity index (χ3n) is 3.34. The number of carbonyl (C=O) groups excluding carboxylic acids is 3. The maximum Gasteiger partial charge on any atom is 0.279 e. The van der Waals surface area contributed by atoms with Gasteiger partial charge in [0.1, 0.15) is 5.82 Å². The van der Waals surface area contributed by atoms with Gasteiger partial charge in [0.25, 0.3) is 11.8 Å². The van der Waals surface area contributed by atoms with Gasteiger partial charge < -0.3 is 0 Å². The number of nitrogens with zero attached hydrogens (tertiary/aromatic N) is 1. The van der Waals surface area contributed by atoms with Crippen LogP contribution in [0, 0.1) is 5.82 Å². The molecule has 0 fully saturated rings. The second-order valence-electron chi connectivity index (χ2n) is 5.36.